The van der Waals surface area contributed by atoms with Crippen LogP contribution in [0.3, 0.4) is 0 Å². The Hall–Kier alpha value is -1.88. The van der Waals surface area contributed by atoms with Gasteiger partial charge in [-0.3, -0.25) is 0 Å². The Bertz CT molecular complexity index is 566. The van der Waals surface area contributed by atoms with E-state index in [9.17, 15) is 0 Å². The number of aromatic nitrogens is 2. The van der Waals surface area contributed by atoms with Gasteiger partial charge in [-0.15, -0.1) is 10.2 Å². The average Bonchev–Trinajstić information content (AvgIpc) is 2.82. The van der Waals surface area contributed by atoms with E-state index in [1.54, 1.807) is 6.92 Å². The lowest BCUT2D eigenvalue weighted by molar-refractivity contribution is 0.256. The standard InChI is InChI=1S/C15H21N3O2/c1-5-16-11(3)13-7-6-10(2)8-14(13)19-9-15-18-17-12(4)20-15/h6-8,11,16H,5,9H2,1-4H3. The number of nitrogens with zero attached hydrogens (tertiary/aromatic N) is 2. The van der Waals surface area contributed by atoms with Crippen molar-refractivity contribution >= 4 is 0 Å². The van der Waals surface area contributed by atoms with Gasteiger partial charge in [0.25, 0.3) is 5.89 Å². The van der Waals surface area contributed by atoms with Crippen molar-refractivity contribution in [2.45, 2.75) is 40.3 Å². The van der Waals surface area contributed by atoms with Crippen LogP contribution in [0.5, 0.6) is 5.75 Å². The van der Waals surface area contributed by atoms with Gasteiger partial charge >= 0.3 is 0 Å². The summed E-state index contributed by atoms with van der Waals surface area (Å²) in [5, 5.41) is 11.1. The Labute approximate surface area is 119 Å². The second kappa shape index (κ2) is 6.52. The Kier molecular flexibility index (Phi) is 4.74. The van der Waals surface area contributed by atoms with Gasteiger partial charge in [0, 0.05) is 18.5 Å². The SMILES string of the molecule is CCNC(C)c1ccc(C)cc1OCc1nnc(C)o1. The van der Waals surface area contributed by atoms with E-state index < -0.39 is 0 Å². The first-order valence-electron chi connectivity index (χ1n) is 6.86. The zero-order valence-corrected chi connectivity index (χ0v) is 12.4. The summed E-state index contributed by atoms with van der Waals surface area (Å²) < 4.78 is 11.2. The summed E-state index contributed by atoms with van der Waals surface area (Å²) in [6.45, 7) is 9.23. The van der Waals surface area contributed by atoms with E-state index >= 15 is 0 Å². The molecule has 0 saturated heterocycles. The maximum atomic E-state index is 5.85. The Morgan fingerprint density at radius 3 is 2.75 bits per heavy atom. The molecule has 0 saturated carbocycles. The van der Waals surface area contributed by atoms with Crippen molar-refractivity contribution < 1.29 is 9.15 Å². The zero-order chi connectivity index (χ0) is 14.5. The number of ether oxygens (including phenoxy) is 1. The molecule has 0 bridgehead atoms. The average molecular weight is 275 g/mol. The van der Waals surface area contributed by atoms with Crippen molar-refractivity contribution in [1.29, 1.82) is 0 Å². The van der Waals surface area contributed by atoms with Crippen molar-refractivity contribution in [2.24, 2.45) is 0 Å². The van der Waals surface area contributed by atoms with Gasteiger partial charge in [0.1, 0.15) is 5.75 Å². The maximum Gasteiger partial charge on any atom is 0.253 e. The molecule has 1 heterocycles. The molecule has 0 fully saturated rings. The minimum Gasteiger partial charge on any atom is -0.483 e. The largest absolute Gasteiger partial charge is 0.483 e. The van der Waals surface area contributed by atoms with Crippen molar-refractivity contribution in [3.05, 3.63) is 41.1 Å². The lowest BCUT2D eigenvalue weighted by Gasteiger charge is -2.17. The molecule has 2 aromatic rings. The molecule has 0 amide bonds. The first kappa shape index (κ1) is 14.5. The Morgan fingerprint density at radius 1 is 1.30 bits per heavy atom. The molecule has 1 aromatic carbocycles. The molecule has 0 radical (unpaired) electrons. The lowest BCUT2D eigenvalue weighted by atomic mass is 10.0. The number of hydrogen-bond acceptors (Lipinski definition) is 5. The van der Waals surface area contributed by atoms with Crippen LogP contribution in [0.1, 0.15) is 42.8 Å². The van der Waals surface area contributed by atoms with E-state index in [0.29, 0.717) is 11.8 Å². The maximum absolute atomic E-state index is 5.85. The fraction of sp³-hybridized carbons (Fsp3) is 0.467. The fourth-order valence-electron chi connectivity index (χ4n) is 2.08. The Morgan fingerprint density at radius 2 is 2.10 bits per heavy atom. The van der Waals surface area contributed by atoms with E-state index in [1.807, 2.05) is 13.0 Å². The first-order chi connectivity index (χ1) is 9.60. The molecule has 0 aliphatic rings. The highest BCUT2D eigenvalue weighted by molar-refractivity contribution is 5.39. The van der Waals surface area contributed by atoms with Gasteiger partial charge in [-0.1, -0.05) is 19.1 Å². The van der Waals surface area contributed by atoms with Crippen LogP contribution in [0.4, 0.5) is 0 Å². The van der Waals surface area contributed by atoms with E-state index in [2.05, 4.69) is 41.5 Å². The quantitative estimate of drug-likeness (QED) is 0.878. The molecule has 1 aromatic heterocycles. The predicted molar refractivity (Wildman–Crippen MR) is 76.6 cm³/mol. The van der Waals surface area contributed by atoms with Gasteiger partial charge in [0.15, 0.2) is 6.61 Å². The lowest BCUT2D eigenvalue weighted by Crippen LogP contribution is -2.18. The summed E-state index contributed by atoms with van der Waals surface area (Å²) in [5.41, 5.74) is 2.29. The molecule has 0 aliphatic carbocycles. The summed E-state index contributed by atoms with van der Waals surface area (Å²) >= 11 is 0. The highest BCUT2D eigenvalue weighted by Gasteiger charge is 2.12. The minimum atomic E-state index is 0.236. The number of benzene rings is 1. The van der Waals surface area contributed by atoms with Crippen LogP contribution >= 0.6 is 0 Å². The van der Waals surface area contributed by atoms with Gasteiger partial charge in [0.2, 0.25) is 5.89 Å². The van der Waals surface area contributed by atoms with E-state index in [4.69, 9.17) is 9.15 Å². The molecule has 5 heteroatoms. The smallest absolute Gasteiger partial charge is 0.253 e. The van der Waals surface area contributed by atoms with Crippen molar-refractivity contribution in [3.63, 3.8) is 0 Å². The van der Waals surface area contributed by atoms with Gasteiger partial charge in [-0.25, -0.2) is 0 Å². The number of aryl methyl sites for hydroxylation is 2. The molecule has 5 nitrogen and oxygen atoms in total. The summed E-state index contributed by atoms with van der Waals surface area (Å²) in [4.78, 5) is 0. The van der Waals surface area contributed by atoms with Gasteiger partial charge in [0.05, 0.1) is 0 Å². The van der Waals surface area contributed by atoms with Gasteiger partial charge in [-0.2, -0.15) is 0 Å². The van der Waals surface area contributed by atoms with E-state index in [1.165, 1.54) is 0 Å². The van der Waals surface area contributed by atoms with Crippen LogP contribution < -0.4 is 10.1 Å². The second-order valence-corrected chi connectivity index (χ2v) is 4.82. The van der Waals surface area contributed by atoms with Crippen molar-refractivity contribution in [1.82, 2.24) is 15.5 Å². The summed E-state index contributed by atoms with van der Waals surface area (Å²) in [5.74, 6) is 1.90. The van der Waals surface area contributed by atoms with Gasteiger partial charge < -0.3 is 14.5 Å². The summed E-state index contributed by atoms with van der Waals surface area (Å²) in [7, 11) is 0. The third kappa shape index (κ3) is 3.57. The summed E-state index contributed by atoms with van der Waals surface area (Å²) in [6.07, 6.45) is 0. The molecule has 1 N–H and O–H groups in total. The molecule has 20 heavy (non-hydrogen) atoms. The fourth-order valence-corrected chi connectivity index (χ4v) is 2.08. The van der Waals surface area contributed by atoms with E-state index in [-0.39, 0.29) is 12.6 Å². The highest BCUT2D eigenvalue weighted by atomic mass is 16.5. The van der Waals surface area contributed by atoms with Crippen molar-refractivity contribution in [3.8, 4) is 5.75 Å². The topological polar surface area (TPSA) is 60.2 Å². The second-order valence-electron chi connectivity index (χ2n) is 4.82. The Balaban J connectivity index is 2.14. The van der Waals surface area contributed by atoms with Gasteiger partial charge in [-0.05, 0) is 32.0 Å². The molecule has 1 unspecified atom stereocenters. The molecule has 1 atom stereocenters. The molecular formula is C15H21N3O2. The number of nitrogens with one attached hydrogen (secondary N) is 1. The van der Waals surface area contributed by atoms with E-state index in [0.717, 1.165) is 23.4 Å². The van der Waals surface area contributed by atoms with Crippen LogP contribution in [0, 0.1) is 13.8 Å². The highest BCUT2D eigenvalue weighted by Crippen LogP contribution is 2.27. The number of hydrogen-bond donors (Lipinski definition) is 1. The van der Waals surface area contributed by atoms with Crippen LogP contribution in [0.15, 0.2) is 22.6 Å². The predicted octanol–water partition coefficient (Wildman–Crippen LogP) is 2.94. The number of rotatable bonds is 6. The molecule has 0 spiro atoms. The summed E-state index contributed by atoms with van der Waals surface area (Å²) in [6, 6.07) is 6.45. The van der Waals surface area contributed by atoms with Crippen LogP contribution in [0.2, 0.25) is 0 Å². The molecule has 0 aliphatic heterocycles. The zero-order valence-electron chi connectivity index (χ0n) is 12.4. The molecular weight excluding hydrogens is 254 g/mol. The normalized spacial score (nSPS) is 12.4. The third-order valence-corrected chi connectivity index (χ3v) is 3.06. The van der Waals surface area contributed by atoms with Crippen LogP contribution in [0.25, 0.3) is 0 Å². The minimum absolute atomic E-state index is 0.236. The van der Waals surface area contributed by atoms with Crippen LogP contribution in [-0.2, 0) is 6.61 Å². The molecule has 2 rings (SSSR count). The molecule has 108 valence electrons. The van der Waals surface area contributed by atoms with Crippen molar-refractivity contribution in [2.75, 3.05) is 6.54 Å². The van der Waals surface area contributed by atoms with Crippen LogP contribution in [-0.4, -0.2) is 16.7 Å². The monoisotopic (exact) mass is 275 g/mol. The third-order valence-electron chi connectivity index (χ3n) is 3.06. The first-order valence-corrected chi connectivity index (χ1v) is 6.86.